The van der Waals surface area contributed by atoms with Crippen LogP contribution in [-0.2, 0) is 14.3 Å². The van der Waals surface area contributed by atoms with Gasteiger partial charge in [-0.05, 0) is 0 Å². The van der Waals surface area contributed by atoms with Crippen molar-refractivity contribution in [3.8, 4) is 0 Å². The Morgan fingerprint density at radius 3 is 2.43 bits per heavy atom. The average Bonchev–Trinajstić information content (AvgIpc) is 2.39. The summed E-state index contributed by atoms with van der Waals surface area (Å²) in [6, 6.07) is -1.27. The lowest BCUT2D eigenvalue weighted by molar-refractivity contribution is -0.295. The van der Waals surface area contributed by atoms with Crippen molar-refractivity contribution < 1.29 is 45.0 Å². The lowest BCUT2D eigenvalue weighted by atomic mass is 9.88. The van der Waals surface area contributed by atoms with E-state index >= 15 is 0 Å². The van der Waals surface area contributed by atoms with Crippen molar-refractivity contribution in [1.29, 1.82) is 0 Å². The van der Waals surface area contributed by atoms with Crippen LogP contribution in [0.2, 0.25) is 0 Å². The molecule has 1 rings (SSSR count). The molecule has 0 aromatic rings. The van der Waals surface area contributed by atoms with Crippen LogP contribution in [0.15, 0.2) is 0 Å². The molecule has 1 saturated heterocycles. The Morgan fingerprint density at radius 2 is 2.00 bits per heavy atom. The molecule has 0 aromatic heterocycles. The molecule has 0 radical (unpaired) electrons. The van der Waals surface area contributed by atoms with Gasteiger partial charge in [-0.3, -0.25) is 4.79 Å². The van der Waals surface area contributed by atoms with Crippen LogP contribution in [0.5, 0.6) is 0 Å². The van der Waals surface area contributed by atoms with Gasteiger partial charge in [-0.2, -0.15) is 0 Å². The third-order valence-corrected chi connectivity index (χ3v) is 3.21. The fourth-order valence-corrected chi connectivity index (χ4v) is 2.14. The molecule has 6 atom stereocenters. The highest BCUT2D eigenvalue weighted by Gasteiger charge is 2.53. The van der Waals surface area contributed by atoms with E-state index in [2.05, 4.69) is 5.32 Å². The van der Waals surface area contributed by atoms with Gasteiger partial charge in [-0.15, -0.1) is 0 Å². The maximum atomic E-state index is 11.1. The molecular formula is C11H19NO9. The molecule has 0 saturated carbocycles. The molecule has 0 aromatic carbocycles. The first-order valence-corrected chi connectivity index (χ1v) is 6.18. The van der Waals surface area contributed by atoms with Gasteiger partial charge < -0.3 is 40.7 Å². The highest BCUT2D eigenvalue weighted by molar-refractivity contribution is 5.76. The van der Waals surface area contributed by atoms with Gasteiger partial charge in [0, 0.05) is 13.3 Å². The van der Waals surface area contributed by atoms with Crippen LogP contribution < -0.4 is 5.32 Å². The Bertz CT molecular complexity index is 403. The molecule has 1 heterocycles. The third kappa shape index (κ3) is 3.87. The molecule has 10 heteroatoms. The number of carbonyl (C=O) groups excluding carboxylic acids is 1. The number of carbonyl (C=O) groups is 2. The second-order valence-corrected chi connectivity index (χ2v) is 4.91. The zero-order valence-corrected chi connectivity index (χ0v) is 11.2. The summed E-state index contributed by atoms with van der Waals surface area (Å²) in [7, 11) is 0. The Labute approximate surface area is 119 Å². The summed E-state index contributed by atoms with van der Waals surface area (Å²) < 4.78 is 4.86. The quantitative estimate of drug-likeness (QED) is 0.268. The molecule has 0 bridgehead atoms. The monoisotopic (exact) mass is 309 g/mol. The summed E-state index contributed by atoms with van der Waals surface area (Å²) in [6.07, 6.45) is -7.48. The topological polar surface area (TPSA) is 177 Å². The van der Waals surface area contributed by atoms with Crippen molar-refractivity contribution in [1.82, 2.24) is 5.32 Å². The molecule has 21 heavy (non-hydrogen) atoms. The summed E-state index contributed by atoms with van der Waals surface area (Å²) in [6.45, 7) is 0.256. The smallest absolute Gasteiger partial charge is 0.364 e. The number of aliphatic hydroxyl groups excluding tert-OH is 4. The molecular weight excluding hydrogens is 290 g/mol. The van der Waals surface area contributed by atoms with Crippen LogP contribution in [-0.4, -0.2) is 85.4 Å². The Kier molecular flexibility index (Phi) is 5.61. The first-order chi connectivity index (χ1) is 9.62. The van der Waals surface area contributed by atoms with Gasteiger partial charge in [0.15, 0.2) is 0 Å². The highest BCUT2D eigenvalue weighted by atomic mass is 16.7. The van der Waals surface area contributed by atoms with Crippen molar-refractivity contribution in [3.05, 3.63) is 0 Å². The second-order valence-electron chi connectivity index (χ2n) is 4.91. The van der Waals surface area contributed by atoms with Gasteiger partial charge >= 0.3 is 5.97 Å². The van der Waals surface area contributed by atoms with Gasteiger partial charge in [0.05, 0.1) is 18.8 Å². The van der Waals surface area contributed by atoms with E-state index in [1.165, 1.54) is 0 Å². The van der Waals surface area contributed by atoms with E-state index in [0.29, 0.717) is 0 Å². The molecule has 1 amide bonds. The second kappa shape index (κ2) is 6.64. The Balaban J connectivity index is 3.07. The fraction of sp³-hybridized carbons (Fsp3) is 0.818. The molecule has 0 spiro atoms. The summed E-state index contributed by atoms with van der Waals surface area (Å²) in [5.41, 5.74) is 0. The predicted octanol–water partition coefficient (Wildman–Crippen LogP) is -3.87. The number of hydrogen-bond acceptors (Lipinski definition) is 8. The molecule has 10 nitrogen and oxygen atoms in total. The number of aliphatic carboxylic acids is 1. The predicted molar refractivity (Wildman–Crippen MR) is 64.8 cm³/mol. The van der Waals surface area contributed by atoms with Crippen LogP contribution in [0.4, 0.5) is 0 Å². The molecule has 0 aliphatic carbocycles. The summed E-state index contributed by atoms with van der Waals surface area (Å²) in [5, 5.41) is 59.0. The standard InChI is InChI=1S/C11H19NO9/c1-4(14)12-7-5(15)2-11(20,10(18)19)21-9(7)8(17)6(16)3-13/h5-9,13,15-17,20H,2-3H2,1H3,(H,12,14)(H,18,19)/t5-,6?,7?,8?,9-,11?/m0/s1. The van der Waals surface area contributed by atoms with Crippen molar-refractivity contribution in [3.63, 3.8) is 0 Å². The zero-order valence-electron chi connectivity index (χ0n) is 11.2. The van der Waals surface area contributed by atoms with E-state index in [1.54, 1.807) is 0 Å². The number of carboxylic acids is 1. The highest BCUT2D eigenvalue weighted by Crippen LogP contribution is 2.30. The fourth-order valence-electron chi connectivity index (χ4n) is 2.14. The Hall–Kier alpha value is -1.30. The molecule has 1 aliphatic heterocycles. The van der Waals surface area contributed by atoms with Crippen molar-refractivity contribution in [2.75, 3.05) is 6.61 Å². The minimum atomic E-state index is -2.78. The number of amides is 1. The maximum absolute atomic E-state index is 11.1. The number of rotatable bonds is 5. The summed E-state index contributed by atoms with van der Waals surface area (Å²) >= 11 is 0. The van der Waals surface area contributed by atoms with Crippen molar-refractivity contribution in [2.24, 2.45) is 0 Å². The van der Waals surface area contributed by atoms with E-state index in [-0.39, 0.29) is 0 Å². The number of carboxylic acid groups (broad SMARTS) is 1. The van der Waals surface area contributed by atoms with E-state index in [1.807, 2.05) is 0 Å². The molecule has 7 N–H and O–H groups in total. The van der Waals surface area contributed by atoms with Gasteiger partial charge in [-0.25, -0.2) is 4.79 Å². The van der Waals surface area contributed by atoms with Crippen molar-refractivity contribution >= 4 is 11.9 Å². The lowest BCUT2D eigenvalue weighted by Crippen LogP contribution is -2.67. The Morgan fingerprint density at radius 1 is 1.43 bits per heavy atom. The van der Waals surface area contributed by atoms with Gasteiger partial charge in [-0.1, -0.05) is 0 Å². The first-order valence-electron chi connectivity index (χ1n) is 6.18. The normalized spacial score (nSPS) is 35.8. The van der Waals surface area contributed by atoms with Crippen LogP contribution in [0, 0.1) is 0 Å². The third-order valence-electron chi connectivity index (χ3n) is 3.21. The molecule has 1 fully saturated rings. The van der Waals surface area contributed by atoms with Gasteiger partial charge in [0.25, 0.3) is 5.79 Å². The van der Waals surface area contributed by atoms with Crippen LogP contribution in [0.3, 0.4) is 0 Å². The SMILES string of the molecule is CC(=O)NC1[C@@H](C(O)C(O)CO)OC(O)(C(=O)O)C[C@@H]1O. The minimum Gasteiger partial charge on any atom is -0.477 e. The van der Waals surface area contributed by atoms with Crippen LogP contribution >= 0.6 is 0 Å². The van der Waals surface area contributed by atoms with E-state index in [0.717, 1.165) is 6.92 Å². The zero-order chi connectivity index (χ0) is 16.4. The number of ether oxygens (including phenoxy) is 1. The number of nitrogens with one attached hydrogen (secondary N) is 1. The molecule has 122 valence electrons. The lowest BCUT2D eigenvalue weighted by Gasteiger charge is -2.44. The van der Waals surface area contributed by atoms with Crippen LogP contribution in [0.1, 0.15) is 13.3 Å². The van der Waals surface area contributed by atoms with E-state index in [9.17, 15) is 30.0 Å². The maximum Gasteiger partial charge on any atom is 0.364 e. The van der Waals surface area contributed by atoms with Crippen LogP contribution in [0.25, 0.3) is 0 Å². The van der Waals surface area contributed by atoms with Gasteiger partial charge in [0.2, 0.25) is 5.91 Å². The van der Waals surface area contributed by atoms with Crippen molar-refractivity contribution in [2.45, 2.75) is 49.6 Å². The largest absolute Gasteiger partial charge is 0.477 e. The summed E-state index contributed by atoms with van der Waals surface area (Å²) in [4.78, 5) is 22.1. The van der Waals surface area contributed by atoms with E-state index in [4.69, 9.17) is 14.9 Å². The summed E-state index contributed by atoms with van der Waals surface area (Å²) in [5.74, 6) is -5.17. The van der Waals surface area contributed by atoms with Gasteiger partial charge in [0.1, 0.15) is 18.3 Å². The minimum absolute atomic E-state index is 0.598. The number of hydrogen-bond donors (Lipinski definition) is 7. The number of aliphatic hydroxyl groups is 5. The first kappa shape index (κ1) is 17.8. The average molecular weight is 309 g/mol. The molecule has 4 unspecified atom stereocenters. The van der Waals surface area contributed by atoms with E-state index < -0.39 is 61.1 Å². The molecule has 1 aliphatic rings.